The van der Waals surface area contributed by atoms with Crippen molar-refractivity contribution in [2.24, 2.45) is 34.5 Å². The Morgan fingerprint density at radius 2 is 1.80 bits per heavy atom. The topological polar surface area (TPSA) is 0 Å². The van der Waals surface area contributed by atoms with Gasteiger partial charge in [0, 0.05) is 0 Å². The normalized spacial score (nSPS) is 56.8. The molecule has 0 aliphatic heterocycles. The maximum absolute atomic E-state index is 2.55. The van der Waals surface area contributed by atoms with Crippen molar-refractivity contribution in [2.45, 2.75) is 59.8 Å². The average molecular weight is 206 g/mol. The van der Waals surface area contributed by atoms with Crippen LogP contribution in [0.2, 0.25) is 0 Å². The third-order valence-corrected chi connectivity index (χ3v) is 6.21. The summed E-state index contributed by atoms with van der Waals surface area (Å²) >= 11 is 0. The first kappa shape index (κ1) is 10.2. The van der Waals surface area contributed by atoms with Gasteiger partial charge in [-0.05, 0) is 66.6 Å². The molecule has 0 aromatic heterocycles. The molecule has 0 heteroatoms. The fourth-order valence-electron chi connectivity index (χ4n) is 5.98. The molecule has 0 amide bonds. The van der Waals surface area contributed by atoms with E-state index >= 15 is 0 Å². The maximum atomic E-state index is 2.55. The minimum atomic E-state index is 0.641. The Balaban J connectivity index is 2.00. The molecule has 3 aliphatic carbocycles. The Labute approximate surface area is 94.8 Å². The maximum Gasteiger partial charge on any atom is -0.0207 e. The molecule has 0 N–H and O–H groups in total. The molecule has 0 heterocycles. The smallest absolute Gasteiger partial charge is 0.0207 e. The summed E-state index contributed by atoms with van der Waals surface area (Å²) in [5.74, 6) is 4.19. The standard InChI is InChI=1S/C15H26/c1-10-7-12-8-14(3,4)9-15(12)11(2)5-6-13(10)15/h10-13H,5-9H2,1-4H3. The zero-order valence-electron chi connectivity index (χ0n) is 10.8. The van der Waals surface area contributed by atoms with E-state index in [9.17, 15) is 0 Å². The van der Waals surface area contributed by atoms with Crippen LogP contribution in [0.1, 0.15) is 59.8 Å². The Hall–Kier alpha value is 0. The predicted octanol–water partition coefficient (Wildman–Crippen LogP) is 4.49. The van der Waals surface area contributed by atoms with Gasteiger partial charge in [0.2, 0.25) is 0 Å². The molecule has 3 fully saturated rings. The first-order valence-electron chi connectivity index (χ1n) is 6.96. The molecule has 0 radical (unpaired) electrons. The second-order valence-corrected chi connectivity index (χ2v) is 7.65. The zero-order valence-corrected chi connectivity index (χ0v) is 10.8. The molecule has 3 aliphatic rings. The minimum absolute atomic E-state index is 0.641. The molecule has 5 unspecified atom stereocenters. The largest absolute Gasteiger partial charge is 0.0622 e. The van der Waals surface area contributed by atoms with Crippen LogP contribution in [0.25, 0.3) is 0 Å². The lowest BCUT2D eigenvalue weighted by atomic mass is 9.68. The predicted molar refractivity (Wildman–Crippen MR) is 64.6 cm³/mol. The van der Waals surface area contributed by atoms with Crippen LogP contribution in [-0.2, 0) is 0 Å². The van der Waals surface area contributed by atoms with E-state index in [-0.39, 0.29) is 0 Å². The summed E-state index contributed by atoms with van der Waals surface area (Å²) in [6.45, 7) is 10.1. The van der Waals surface area contributed by atoms with Crippen molar-refractivity contribution in [3.05, 3.63) is 0 Å². The minimum Gasteiger partial charge on any atom is -0.0622 e. The Morgan fingerprint density at radius 1 is 1.07 bits per heavy atom. The summed E-state index contributed by atoms with van der Waals surface area (Å²) in [7, 11) is 0. The van der Waals surface area contributed by atoms with E-state index in [1.807, 2.05) is 0 Å². The van der Waals surface area contributed by atoms with Crippen molar-refractivity contribution in [1.82, 2.24) is 0 Å². The van der Waals surface area contributed by atoms with Crippen LogP contribution in [-0.4, -0.2) is 0 Å². The quantitative estimate of drug-likeness (QED) is 0.547. The molecule has 86 valence electrons. The van der Waals surface area contributed by atoms with Gasteiger partial charge in [0.05, 0.1) is 0 Å². The van der Waals surface area contributed by atoms with Crippen LogP contribution >= 0.6 is 0 Å². The van der Waals surface area contributed by atoms with E-state index < -0.39 is 0 Å². The number of hydrogen-bond donors (Lipinski definition) is 0. The highest BCUT2D eigenvalue weighted by Gasteiger charge is 2.64. The molecule has 0 aromatic rings. The Kier molecular flexibility index (Phi) is 1.91. The molecule has 3 saturated carbocycles. The summed E-state index contributed by atoms with van der Waals surface area (Å²) in [5, 5.41) is 0. The van der Waals surface area contributed by atoms with Crippen molar-refractivity contribution in [2.75, 3.05) is 0 Å². The van der Waals surface area contributed by atoms with Crippen LogP contribution in [0.3, 0.4) is 0 Å². The molecule has 15 heavy (non-hydrogen) atoms. The van der Waals surface area contributed by atoms with Gasteiger partial charge in [-0.2, -0.15) is 0 Å². The first-order chi connectivity index (χ1) is 6.96. The average Bonchev–Trinajstić information content (AvgIpc) is 2.61. The third kappa shape index (κ3) is 1.14. The molecular weight excluding hydrogens is 180 g/mol. The number of hydrogen-bond acceptors (Lipinski definition) is 0. The highest BCUT2D eigenvalue weighted by atomic mass is 14.7. The summed E-state index contributed by atoms with van der Waals surface area (Å²) in [6, 6.07) is 0. The van der Waals surface area contributed by atoms with E-state index in [2.05, 4.69) is 27.7 Å². The van der Waals surface area contributed by atoms with Crippen molar-refractivity contribution < 1.29 is 0 Å². The van der Waals surface area contributed by atoms with Gasteiger partial charge in [-0.25, -0.2) is 0 Å². The molecule has 0 saturated heterocycles. The highest BCUT2D eigenvalue weighted by molar-refractivity contribution is 5.13. The lowest BCUT2D eigenvalue weighted by Gasteiger charge is -2.36. The van der Waals surface area contributed by atoms with E-state index in [4.69, 9.17) is 0 Å². The van der Waals surface area contributed by atoms with Gasteiger partial charge in [-0.15, -0.1) is 0 Å². The lowest BCUT2D eigenvalue weighted by Crippen LogP contribution is -2.30. The molecular formula is C15H26. The van der Waals surface area contributed by atoms with Gasteiger partial charge in [0.25, 0.3) is 0 Å². The Bertz CT molecular complexity index is 278. The van der Waals surface area contributed by atoms with E-state index in [0.29, 0.717) is 5.41 Å². The summed E-state index contributed by atoms with van der Waals surface area (Å²) in [4.78, 5) is 0. The molecule has 0 nitrogen and oxygen atoms in total. The summed E-state index contributed by atoms with van der Waals surface area (Å²) < 4.78 is 0. The second-order valence-electron chi connectivity index (χ2n) is 7.65. The summed E-state index contributed by atoms with van der Waals surface area (Å²) in [6.07, 6.45) is 7.63. The SMILES string of the molecule is CC1CC2CC(C)(C)CC23C(C)CCC13. The van der Waals surface area contributed by atoms with Crippen LogP contribution in [0.4, 0.5) is 0 Å². The van der Waals surface area contributed by atoms with Gasteiger partial charge in [-0.3, -0.25) is 0 Å². The van der Waals surface area contributed by atoms with Gasteiger partial charge >= 0.3 is 0 Å². The lowest BCUT2D eigenvalue weighted by molar-refractivity contribution is 0.117. The summed E-state index contributed by atoms with van der Waals surface area (Å²) in [5.41, 5.74) is 1.42. The molecule has 3 rings (SSSR count). The second kappa shape index (κ2) is 2.81. The van der Waals surface area contributed by atoms with E-state index in [1.54, 1.807) is 6.42 Å². The molecule has 1 spiro atoms. The molecule has 0 aromatic carbocycles. The molecule has 0 bridgehead atoms. The van der Waals surface area contributed by atoms with Crippen LogP contribution in [0.5, 0.6) is 0 Å². The highest BCUT2D eigenvalue weighted by Crippen LogP contribution is 2.72. The van der Waals surface area contributed by atoms with Crippen molar-refractivity contribution in [3.63, 3.8) is 0 Å². The fraction of sp³-hybridized carbons (Fsp3) is 1.00. The van der Waals surface area contributed by atoms with Crippen molar-refractivity contribution >= 4 is 0 Å². The van der Waals surface area contributed by atoms with Gasteiger partial charge < -0.3 is 0 Å². The van der Waals surface area contributed by atoms with Crippen LogP contribution < -0.4 is 0 Å². The van der Waals surface area contributed by atoms with Crippen molar-refractivity contribution in [3.8, 4) is 0 Å². The third-order valence-electron chi connectivity index (χ3n) is 6.21. The fourth-order valence-corrected chi connectivity index (χ4v) is 5.98. The van der Waals surface area contributed by atoms with E-state index in [0.717, 1.165) is 29.1 Å². The Morgan fingerprint density at radius 3 is 2.53 bits per heavy atom. The molecule has 5 atom stereocenters. The van der Waals surface area contributed by atoms with Gasteiger partial charge in [0.1, 0.15) is 0 Å². The van der Waals surface area contributed by atoms with Crippen LogP contribution in [0.15, 0.2) is 0 Å². The monoisotopic (exact) mass is 206 g/mol. The zero-order chi connectivity index (χ0) is 10.8. The van der Waals surface area contributed by atoms with Crippen LogP contribution in [0, 0.1) is 34.5 Å². The van der Waals surface area contributed by atoms with Gasteiger partial charge in [-0.1, -0.05) is 27.7 Å². The number of rotatable bonds is 0. The van der Waals surface area contributed by atoms with Crippen molar-refractivity contribution in [1.29, 1.82) is 0 Å². The van der Waals surface area contributed by atoms with Gasteiger partial charge in [0.15, 0.2) is 0 Å². The van der Waals surface area contributed by atoms with E-state index in [1.165, 1.54) is 25.7 Å². The first-order valence-corrected chi connectivity index (χ1v) is 6.96.